The molecule has 152 valence electrons. The zero-order chi connectivity index (χ0) is 20.9. The minimum atomic E-state index is -0.381. The number of hydrogen-bond acceptors (Lipinski definition) is 4. The number of aryl methyl sites for hydroxylation is 3. The minimum Gasteiger partial charge on any atom is -0.384 e. The Morgan fingerprint density at radius 1 is 1.07 bits per heavy atom. The van der Waals surface area contributed by atoms with Crippen molar-refractivity contribution in [3.63, 3.8) is 0 Å². The number of rotatable bonds is 5. The predicted octanol–water partition coefficient (Wildman–Crippen LogP) is 2.46. The number of nitrogens with one attached hydrogen (secondary N) is 1. The molecule has 0 saturated carbocycles. The van der Waals surface area contributed by atoms with Crippen LogP contribution in [0.5, 0.6) is 0 Å². The maximum atomic E-state index is 12.8. The zero-order valence-corrected chi connectivity index (χ0v) is 17.6. The van der Waals surface area contributed by atoms with Crippen LogP contribution >= 0.6 is 11.6 Å². The van der Waals surface area contributed by atoms with E-state index >= 15 is 0 Å². The van der Waals surface area contributed by atoms with E-state index in [9.17, 15) is 9.59 Å². The SMILES string of the molecule is Cc1c(C)n2c3c(=O)n(C)c(=O)n(C)c3nc2n1CCCNc1ccccc1Cl. The highest BCUT2D eigenvalue weighted by atomic mass is 35.5. The van der Waals surface area contributed by atoms with Crippen LogP contribution in [0.15, 0.2) is 33.9 Å². The number of fused-ring (bicyclic) bond motifs is 3. The van der Waals surface area contributed by atoms with Crippen LogP contribution in [0.1, 0.15) is 17.8 Å². The van der Waals surface area contributed by atoms with Crippen molar-refractivity contribution in [1.82, 2.24) is 23.1 Å². The van der Waals surface area contributed by atoms with Gasteiger partial charge in [-0.05, 0) is 32.4 Å². The largest absolute Gasteiger partial charge is 0.384 e. The van der Waals surface area contributed by atoms with E-state index in [1.54, 1.807) is 7.05 Å². The summed E-state index contributed by atoms with van der Waals surface area (Å²) < 4.78 is 6.49. The number of benzene rings is 1. The third kappa shape index (κ3) is 2.95. The lowest BCUT2D eigenvalue weighted by atomic mass is 10.3. The van der Waals surface area contributed by atoms with E-state index in [1.807, 2.05) is 42.5 Å². The Labute approximate surface area is 172 Å². The van der Waals surface area contributed by atoms with Gasteiger partial charge in [0, 0.05) is 38.6 Å². The van der Waals surface area contributed by atoms with Gasteiger partial charge in [0.05, 0.1) is 10.7 Å². The van der Waals surface area contributed by atoms with Crippen molar-refractivity contribution in [3.8, 4) is 0 Å². The molecule has 0 saturated heterocycles. The minimum absolute atomic E-state index is 0.337. The first-order valence-corrected chi connectivity index (χ1v) is 9.83. The summed E-state index contributed by atoms with van der Waals surface area (Å²) >= 11 is 6.19. The molecule has 0 aliphatic heterocycles. The van der Waals surface area contributed by atoms with Crippen LogP contribution in [0.4, 0.5) is 5.69 Å². The van der Waals surface area contributed by atoms with Crippen molar-refractivity contribution >= 4 is 34.2 Å². The van der Waals surface area contributed by atoms with E-state index in [1.165, 1.54) is 11.6 Å². The fourth-order valence-corrected chi connectivity index (χ4v) is 3.93. The van der Waals surface area contributed by atoms with Crippen molar-refractivity contribution in [3.05, 3.63) is 61.5 Å². The summed E-state index contributed by atoms with van der Waals surface area (Å²) in [6.07, 6.45) is 0.843. The lowest BCUT2D eigenvalue weighted by Gasteiger charge is -2.10. The molecule has 4 aromatic rings. The predicted molar refractivity (Wildman–Crippen MR) is 115 cm³/mol. The Balaban J connectivity index is 1.70. The molecule has 4 rings (SSSR count). The van der Waals surface area contributed by atoms with Crippen LogP contribution in [0.25, 0.3) is 16.9 Å². The van der Waals surface area contributed by atoms with Gasteiger partial charge >= 0.3 is 5.69 Å². The van der Waals surface area contributed by atoms with Gasteiger partial charge in [-0.25, -0.2) is 4.79 Å². The van der Waals surface area contributed by atoms with Gasteiger partial charge in [-0.15, -0.1) is 0 Å². The average Bonchev–Trinajstić information content (AvgIpc) is 3.20. The number of para-hydroxylation sites is 1. The highest BCUT2D eigenvalue weighted by molar-refractivity contribution is 6.33. The quantitative estimate of drug-likeness (QED) is 0.509. The van der Waals surface area contributed by atoms with Gasteiger partial charge in [0.1, 0.15) is 0 Å². The van der Waals surface area contributed by atoms with Crippen LogP contribution in [0.3, 0.4) is 0 Å². The first-order valence-electron chi connectivity index (χ1n) is 9.45. The number of aromatic nitrogens is 5. The van der Waals surface area contributed by atoms with Crippen molar-refractivity contribution in [2.24, 2.45) is 14.1 Å². The summed E-state index contributed by atoms with van der Waals surface area (Å²) in [7, 11) is 3.12. The number of nitrogens with zero attached hydrogens (tertiary/aromatic N) is 5. The second-order valence-electron chi connectivity index (χ2n) is 7.21. The summed E-state index contributed by atoms with van der Waals surface area (Å²) in [6.45, 7) is 5.45. The molecule has 3 heterocycles. The lowest BCUT2D eigenvalue weighted by Crippen LogP contribution is -2.37. The highest BCUT2D eigenvalue weighted by Crippen LogP contribution is 2.22. The third-order valence-corrected chi connectivity index (χ3v) is 5.82. The van der Waals surface area contributed by atoms with E-state index in [0.717, 1.165) is 41.2 Å². The Morgan fingerprint density at radius 2 is 1.79 bits per heavy atom. The standard InChI is InChI=1S/C20H23ClN6O2/c1-12-13(2)27-16-17(24(3)20(29)25(4)18(16)28)23-19(27)26(12)11-7-10-22-15-9-6-5-8-14(15)21/h5-6,8-9,22H,7,10-11H2,1-4H3. The average molecular weight is 415 g/mol. The first kappa shape index (κ1) is 19.3. The Morgan fingerprint density at radius 3 is 2.52 bits per heavy atom. The molecule has 0 bridgehead atoms. The van der Waals surface area contributed by atoms with Crippen molar-refractivity contribution < 1.29 is 0 Å². The Hall–Kier alpha value is -3.00. The smallest absolute Gasteiger partial charge is 0.332 e. The molecule has 9 heteroatoms. The summed E-state index contributed by atoms with van der Waals surface area (Å²) in [6, 6.07) is 7.64. The normalized spacial score (nSPS) is 11.6. The molecule has 0 unspecified atom stereocenters. The van der Waals surface area contributed by atoms with Gasteiger partial charge in [-0.1, -0.05) is 23.7 Å². The summed E-state index contributed by atoms with van der Waals surface area (Å²) in [5, 5.41) is 4.04. The van der Waals surface area contributed by atoms with Crippen LogP contribution in [-0.2, 0) is 20.6 Å². The summed E-state index contributed by atoms with van der Waals surface area (Å²) in [4.78, 5) is 29.7. The van der Waals surface area contributed by atoms with E-state index in [-0.39, 0.29) is 11.2 Å². The molecule has 0 fully saturated rings. The van der Waals surface area contributed by atoms with E-state index in [2.05, 4.69) is 14.9 Å². The monoisotopic (exact) mass is 414 g/mol. The lowest BCUT2D eigenvalue weighted by molar-refractivity contribution is 0.659. The Bertz CT molecular complexity index is 1360. The molecule has 0 radical (unpaired) electrons. The second kappa shape index (κ2) is 7.11. The molecular weight excluding hydrogens is 392 g/mol. The summed E-state index contributed by atoms with van der Waals surface area (Å²) in [5.74, 6) is 0.672. The topological polar surface area (TPSA) is 78.3 Å². The van der Waals surface area contributed by atoms with Crippen LogP contribution in [0.2, 0.25) is 5.02 Å². The van der Waals surface area contributed by atoms with E-state index in [4.69, 9.17) is 11.6 Å². The number of imidazole rings is 2. The van der Waals surface area contributed by atoms with Gasteiger partial charge in [-0.2, -0.15) is 4.98 Å². The molecule has 0 amide bonds. The number of halogens is 1. The molecule has 0 atom stereocenters. The van der Waals surface area contributed by atoms with Gasteiger partial charge in [-0.3, -0.25) is 18.3 Å². The fourth-order valence-electron chi connectivity index (χ4n) is 3.72. The molecule has 8 nitrogen and oxygen atoms in total. The second-order valence-corrected chi connectivity index (χ2v) is 7.62. The highest BCUT2D eigenvalue weighted by Gasteiger charge is 2.21. The van der Waals surface area contributed by atoms with Crippen molar-refractivity contribution in [1.29, 1.82) is 0 Å². The molecular formula is C20H23ClN6O2. The maximum Gasteiger partial charge on any atom is 0.332 e. The van der Waals surface area contributed by atoms with E-state index < -0.39 is 0 Å². The number of anilines is 1. The first-order chi connectivity index (χ1) is 13.8. The van der Waals surface area contributed by atoms with Gasteiger partial charge in [0.15, 0.2) is 11.2 Å². The van der Waals surface area contributed by atoms with Crippen LogP contribution in [-0.4, -0.2) is 29.6 Å². The molecule has 1 aromatic carbocycles. The third-order valence-electron chi connectivity index (χ3n) is 5.49. The fraction of sp³-hybridized carbons (Fsp3) is 0.350. The Kier molecular flexibility index (Phi) is 4.74. The summed E-state index contributed by atoms with van der Waals surface area (Å²) in [5.41, 5.74) is 3.01. The van der Waals surface area contributed by atoms with Crippen LogP contribution < -0.4 is 16.6 Å². The van der Waals surface area contributed by atoms with Gasteiger partial charge in [0.25, 0.3) is 5.56 Å². The number of hydrogen-bond donors (Lipinski definition) is 1. The van der Waals surface area contributed by atoms with E-state index in [0.29, 0.717) is 22.0 Å². The molecule has 3 aromatic heterocycles. The van der Waals surface area contributed by atoms with Gasteiger partial charge < -0.3 is 9.88 Å². The molecule has 1 N–H and O–H groups in total. The van der Waals surface area contributed by atoms with Crippen molar-refractivity contribution in [2.45, 2.75) is 26.8 Å². The van der Waals surface area contributed by atoms with Crippen LogP contribution in [0, 0.1) is 13.8 Å². The molecule has 29 heavy (non-hydrogen) atoms. The van der Waals surface area contributed by atoms with Crippen molar-refractivity contribution in [2.75, 3.05) is 11.9 Å². The zero-order valence-electron chi connectivity index (χ0n) is 16.9. The maximum absolute atomic E-state index is 12.8. The van der Waals surface area contributed by atoms with Gasteiger partial charge in [0.2, 0.25) is 5.78 Å². The molecule has 0 aliphatic rings. The molecule has 0 aliphatic carbocycles. The molecule has 0 spiro atoms.